The molecule has 6 nitrogen and oxygen atoms in total. The van der Waals surface area contributed by atoms with Crippen LogP contribution in [-0.4, -0.2) is 52.3 Å². The fourth-order valence-corrected chi connectivity index (χ4v) is 3.84. The van der Waals surface area contributed by atoms with Gasteiger partial charge in [0.1, 0.15) is 5.82 Å². The SMILES string of the molecule is COC(=O)C1CCN(C(=O)CSc2nccn2-c2cccc(F)c2)CC1. The van der Waals surface area contributed by atoms with Gasteiger partial charge in [0.2, 0.25) is 5.91 Å². The summed E-state index contributed by atoms with van der Waals surface area (Å²) in [5, 5.41) is 0.633. The normalized spacial score (nSPS) is 15.1. The van der Waals surface area contributed by atoms with Crippen molar-refractivity contribution in [3.05, 3.63) is 42.5 Å². The molecule has 0 saturated carbocycles. The molecule has 0 N–H and O–H groups in total. The average molecular weight is 377 g/mol. The van der Waals surface area contributed by atoms with Crippen LogP contribution in [0.1, 0.15) is 12.8 Å². The molecular weight excluding hydrogens is 357 g/mol. The van der Waals surface area contributed by atoms with Crippen LogP contribution in [0.25, 0.3) is 5.69 Å². The summed E-state index contributed by atoms with van der Waals surface area (Å²) in [6.07, 6.45) is 4.62. The van der Waals surface area contributed by atoms with Crippen molar-refractivity contribution in [3.63, 3.8) is 0 Å². The van der Waals surface area contributed by atoms with E-state index < -0.39 is 0 Å². The number of piperidine rings is 1. The highest BCUT2D eigenvalue weighted by Gasteiger charge is 2.27. The molecule has 8 heteroatoms. The summed E-state index contributed by atoms with van der Waals surface area (Å²) in [4.78, 5) is 30.0. The van der Waals surface area contributed by atoms with Gasteiger partial charge in [-0.25, -0.2) is 9.37 Å². The summed E-state index contributed by atoms with van der Waals surface area (Å²) in [6, 6.07) is 6.23. The fourth-order valence-electron chi connectivity index (χ4n) is 2.97. The molecule has 0 aliphatic carbocycles. The minimum Gasteiger partial charge on any atom is -0.469 e. The number of ether oxygens (including phenoxy) is 1. The summed E-state index contributed by atoms with van der Waals surface area (Å²) < 4.78 is 19.9. The molecule has 3 rings (SSSR count). The third-order valence-electron chi connectivity index (χ3n) is 4.40. The molecule has 26 heavy (non-hydrogen) atoms. The lowest BCUT2D eigenvalue weighted by Crippen LogP contribution is -2.41. The number of methoxy groups -OCH3 is 1. The molecule has 1 aliphatic heterocycles. The lowest BCUT2D eigenvalue weighted by atomic mass is 9.97. The summed E-state index contributed by atoms with van der Waals surface area (Å²) in [5.41, 5.74) is 0.663. The minimum atomic E-state index is -0.322. The number of thioether (sulfide) groups is 1. The number of likely N-dealkylation sites (tertiary alicyclic amines) is 1. The number of esters is 1. The second-order valence-corrected chi connectivity index (χ2v) is 6.97. The highest BCUT2D eigenvalue weighted by atomic mass is 32.2. The molecule has 1 fully saturated rings. The maximum Gasteiger partial charge on any atom is 0.308 e. The molecule has 1 saturated heterocycles. The molecule has 0 spiro atoms. The van der Waals surface area contributed by atoms with E-state index in [4.69, 9.17) is 4.74 Å². The van der Waals surface area contributed by atoms with E-state index in [0.717, 1.165) is 0 Å². The molecule has 0 radical (unpaired) electrons. The van der Waals surface area contributed by atoms with Gasteiger partial charge in [-0.2, -0.15) is 0 Å². The molecule has 138 valence electrons. The van der Waals surface area contributed by atoms with Crippen molar-refractivity contribution in [1.29, 1.82) is 0 Å². The van der Waals surface area contributed by atoms with Gasteiger partial charge in [-0.05, 0) is 31.0 Å². The molecule has 2 heterocycles. The van der Waals surface area contributed by atoms with Crippen molar-refractivity contribution < 1.29 is 18.7 Å². The Morgan fingerprint density at radius 2 is 2.12 bits per heavy atom. The van der Waals surface area contributed by atoms with Gasteiger partial charge in [-0.1, -0.05) is 17.8 Å². The van der Waals surface area contributed by atoms with Crippen molar-refractivity contribution >= 4 is 23.6 Å². The number of carbonyl (C=O) groups excluding carboxylic acids is 2. The number of hydrogen-bond donors (Lipinski definition) is 0. The van der Waals surface area contributed by atoms with Gasteiger partial charge in [-0.15, -0.1) is 0 Å². The van der Waals surface area contributed by atoms with Gasteiger partial charge in [0.25, 0.3) is 0 Å². The average Bonchev–Trinajstić information content (AvgIpc) is 3.14. The Kier molecular flexibility index (Phi) is 5.92. The number of hydrogen-bond acceptors (Lipinski definition) is 5. The molecule has 1 aliphatic rings. The first-order valence-corrected chi connectivity index (χ1v) is 9.34. The standard InChI is InChI=1S/C18H20FN3O3S/c1-25-17(24)13-5-8-21(9-6-13)16(23)12-26-18-20-7-10-22(18)15-4-2-3-14(19)11-15/h2-4,7,10-11,13H,5-6,8-9,12H2,1H3. The van der Waals surface area contributed by atoms with Crippen LogP contribution in [0, 0.1) is 11.7 Å². The lowest BCUT2D eigenvalue weighted by Gasteiger charge is -2.30. The van der Waals surface area contributed by atoms with E-state index in [-0.39, 0.29) is 29.4 Å². The second kappa shape index (κ2) is 8.35. The Morgan fingerprint density at radius 3 is 2.81 bits per heavy atom. The highest BCUT2D eigenvalue weighted by molar-refractivity contribution is 7.99. The monoisotopic (exact) mass is 377 g/mol. The molecule has 1 aromatic heterocycles. The second-order valence-electron chi connectivity index (χ2n) is 6.03. The number of aromatic nitrogens is 2. The first kappa shape index (κ1) is 18.4. The number of nitrogens with zero attached hydrogens (tertiary/aromatic N) is 3. The summed E-state index contributed by atoms with van der Waals surface area (Å²) >= 11 is 1.31. The lowest BCUT2D eigenvalue weighted by molar-refractivity contribution is -0.148. The fraction of sp³-hybridized carbons (Fsp3) is 0.389. The van der Waals surface area contributed by atoms with Crippen molar-refractivity contribution in [3.8, 4) is 5.69 Å². The van der Waals surface area contributed by atoms with Gasteiger partial charge in [0.15, 0.2) is 5.16 Å². The van der Waals surface area contributed by atoms with Crippen molar-refractivity contribution in [2.45, 2.75) is 18.0 Å². The van der Waals surface area contributed by atoms with Gasteiger partial charge in [0.05, 0.1) is 24.5 Å². The van der Waals surface area contributed by atoms with Crippen molar-refractivity contribution in [2.75, 3.05) is 26.0 Å². The first-order valence-electron chi connectivity index (χ1n) is 8.36. The van der Waals surface area contributed by atoms with Gasteiger partial charge in [0, 0.05) is 25.5 Å². The summed E-state index contributed by atoms with van der Waals surface area (Å²) in [7, 11) is 1.39. The van der Waals surface area contributed by atoms with Crippen LogP contribution in [0.15, 0.2) is 41.8 Å². The molecule has 1 amide bonds. The van der Waals surface area contributed by atoms with Gasteiger partial charge < -0.3 is 9.64 Å². The highest BCUT2D eigenvalue weighted by Crippen LogP contribution is 2.23. The Morgan fingerprint density at radius 1 is 1.35 bits per heavy atom. The van der Waals surface area contributed by atoms with Crippen LogP contribution in [0.5, 0.6) is 0 Å². The maximum absolute atomic E-state index is 13.4. The number of amides is 1. The zero-order chi connectivity index (χ0) is 18.5. The molecular formula is C18H20FN3O3S. The molecule has 2 aromatic rings. The molecule has 0 bridgehead atoms. The third-order valence-corrected chi connectivity index (χ3v) is 5.35. The number of halogens is 1. The predicted octanol–water partition coefficient (Wildman–Crippen LogP) is 2.52. The van der Waals surface area contributed by atoms with E-state index in [9.17, 15) is 14.0 Å². The number of benzene rings is 1. The van der Waals surface area contributed by atoms with E-state index >= 15 is 0 Å². The molecule has 1 aromatic carbocycles. The zero-order valence-electron chi connectivity index (χ0n) is 14.4. The van der Waals surface area contributed by atoms with E-state index in [1.165, 1.54) is 31.0 Å². The van der Waals surface area contributed by atoms with Crippen LogP contribution in [-0.2, 0) is 14.3 Å². The van der Waals surface area contributed by atoms with Crippen LogP contribution in [0.4, 0.5) is 4.39 Å². The van der Waals surface area contributed by atoms with Crippen molar-refractivity contribution in [1.82, 2.24) is 14.5 Å². The topological polar surface area (TPSA) is 64.4 Å². The van der Waals surface area contributed by atoms with Gasteiger partial charge >= 0.3 is 5.97 Å². The van der Waals surface area contributed by atoms with E-state index in [1.807, 2.05) is 0 Å². The summed E-state index contributed by atoms with van der Waals surface area (Å²) in [5.74, 6) is -0.397. The minimum absolute atomic E-state index is 0.00658. The van der Waals surface area contributed by atoms with Gasteiger partial charge in [-0.3, -0.25) is 14.2 Å². The molecule has 0 unspecified atom stereocenters. The van der Waals surface area contributed by atoms with E-state index in [0.29, 0.717) is 36.8 Å². The number of carbonyl (C=O) groups is 2. The zero-order valence-corrected chi connectivity index (χ0v) is 15.2. The predicted molar refractivity (Wildman–Crippen MR) is 95.6 cm³/mol. The largest absolute Gasteiger partial charge is 0.469 e. The Labute approximate surface area is 155 Å². The maximum atomic E-state index is 13.4. The number of imidazole rings is 1. The van der Waals surface area contributed by atoms with Crippen LogP contribution in [0.3, 0.4) is 0 Å². The van der Waals surface area contributed by atoms with Crippen LogP contribution >= 0.6 is 11.8 Å². The Hall–Kier alpha value is -2.35. The summed E-state index contributed by atoms with van der Waals surface area (Å²) in [6.45, 7) is 1.11. The Balaban J connectivity index is 1.56. The van der Waals surface area contributed by atoms with Crippen LogP contribution in [0.2, 0.25) is 0 Å². The van der Waals surface area contributed by atoms with Crippen LogP contribution < -0.4 is 0 Å². The number of rotatable bonds is 5. The van der Waals surface area contributed by atoms with E-state index in [2.05, 4.69) is 4.98 Å². The van der Waals surface area contributed by atoms with E-state index in [1.54, 1.807) is 34.0 Å². The third kappa shape index (κ3) is 4.24. The first-order chi connectivity index (χ1) is 12.6. The smallest absolute Gasteiger partial charge is 0.308 e. The van der Waals surface area contributed by atoms with Crippen molar-refractivity contribution in [2.24, 2.45) is 5.92 Å². The Bertz CT molecular complexity index is 787. The molecule has 0 atom stereocenters. The quantitative estimate of drug-likeness (QED) is 0.592.